The molecule has 0 unspecified atom stereocenters. The zero-order valence-corrected chi connectivity index (χ0v) is 11.3. The molecule has 0 aliphatic heterocycles. The molecule has 0 radical (unpaired) electrons. The van der Waals surface area contributed by atoms with Gasteiger partial charge in [-0.2, -0.15) is 0 Å². The van der Waals surface area contributed by atoms with E-state index in [1.807, 2.05) is 36.4 Å². The first-order chi connectivity index (χ1) is 10.3. The molecule has 0 bridgehead atoms. The number of carbonyl (C=O) groups excluding carboxylic acids is 1. The Balaban J connectivity index is 2.08. The highest BCUT2D eigenvalue weighted by Crippen LogP contribution is 2.25. The van der Waals surface area contributed by atoms with Crippen LogP contribution in [0.25, 0.3) is 33.1 Å². The fourth-order valence-electron chi connectivity index (χ4n) is 2.54. The molecule has 0 atom stereocenters. The monoisotopic (exact) mass is 276 g/mol. The number of fused-ring (bicyclic) bond motifs is 4. The summed E-state index contributed by atoms with van der Waals surface area (Å²) in [4.78, 5) is 24.3. The van der Waals surface area contributed by atoms with Gasteiger partial charge < -0.3 is 10.3 Å². The molecule has 102 valence electrons. The van der Waals surface area contributed by atoms with Crippen LogP contribution in [0.1, 0.15) is 10.4 Å². The Morgan fingerprint density at radius 2 is 1.86 bits per heavy atom. The summed E-state index contributed by atoms with van der Waals surface area (Å²) < 4.78 is 0. The SMILES string of the molecule is CNC(=O)c1ccc2[nH]c3nc4ccccc4nc3c2c1. The van der Waals surface area contributed by atoms with Gasteiger partial charge in [0.15, 0.2) is 5.65 Å². The molecular formula is C16H12N4O. The van der Waals surface area contributed by atoms with Crippen molar-refractivity contribution in [2.75, 3.05) is 7.05 Å². The fourth-order valence-corrected chi connectivity index (χ4v) is 2.54. The number of benzene rings is 2. The van der Waals surface area contributed by atoms with Crippen molar-refractivity contribution in [1.29, 1.82) is 0 Å². The topological polar surface area (TPSA) is 70.7 Å². The van der Waals surface area contributed by atoms with Gasteiger partial charge in [-0.3, -0.25) is 4.79 Å². The van der Waals surface area contributed by atoms with E-state index in [-0.39, 0.29) is 5.91 Å². The van der Waals surface area contributed by atoms with Crippen molar-refractivity contribution in [3.8, 4) is 0 Å². The van der Waals surface area contributed by atoms with E-state index < -0.39 is 0 Å². The van der Waals surface area contributed by atoms with Gasteiger partial charge in [0.25, 0.3) is 5.91 Å². The molecule has 0 aliphatic rings. The number of hydrogen-bond donors (Lipinski definition) is 2. The Morgan fingerprint density at radius 1 is 1.10 bits per heavy atom. The summed E-state index contributed by atoms with van der Waals surface area (Å²) in [5.74, 6) is -0.111. The summed E-state index contributed by atoms with van der Waals surface area (Å²) in [5.41, 5.74) is 4.75. The van der Waals surface area contributed by atoms with Crippen LogP contribution < -0.4 is 5.32 Å². The van der Waals surface area contributed by atoms with Crippen LogP contribution in [-0.2, 0) is 0 Å². The largest absolute Gasteiger partial charge is 0.355 e. The lowest BCUT2D eigenvalue weighted by Gasteiger charge is -1.99. The second-order valence-electron chi connectivity index (χ2n) is 4.87. The van der Waals surface area contributed by atoms with E-state index >= 15 is 0 Å². The standard InChI is InChI=1S/C16H12N4O/c1-17-16(21)9-6-7-11-10(8-9)14-15(19-11)20-13-5-3-2-4-12(13)18-14/h2-8H,1H3,(H,17,21)(H,19,20). The summed E-state index contributed by atoms with van der Waals surface area (Å²) in [6.45, 7) is 0. The lowest BCUT2D eigenvalue weighted by atomic mass is 10.1. The maximum atomic E-state index is 11.8. The summed E-state index contributed by atoms with van der Waals surface area (Å²) in [6, 6.07) is 13.3. The van der Waals surface area contributed by atoms with Gasteiger partial charge in [-0.25, -0.2) is 9.97 Å². The fraction of sp³-hybridized carbons (Fsp3) is 0.0625. The molecule has 2 aromatic carbocycles. The van der Waals surface area contributed by atoms with Crippen LogP contribution in [0.2, 0.25) is 0 Å². The third-order valence-electron chi connectivity index (χ3n) is 3.59. The lowest BCUT2D eigenvalue weighted by Crippen LogP contribution is -2.17. The zero-order chi connectivity index (χ0) is 14.4. The van der Waals surface area contributed by atoms with Crippen molar-refractivity contribution in [1.82, 2.24) is 20.3 Å². The van der Waals surface area contributed by atoms with Crippen molar-refractivity contribution in [3.63, 3.8) is 0 Å². The Labute approximate surface area is 120 Å². The highest BCUT2D eigenvalue weighted by Gasteiger charge is 2.11. The van der Waals surface area contributed by atoms with E-state index in [1.54, 1.807) is 13.1 Å². The van der Waals surface area contributed by atoms with Crippen LogP contribution in [-0.4, -0.2) is 27.9 Å². The first kappa shape index (κ1) is 11.8. The number of H-pyrrole nitrogens is 1. The maximum absolute atomic E-state index is 11.8. The Hall–Kier alpha value is -2.95. The summed E-state index contributed by atoms with van der Waals surface area (Å²) in [5, 5.41) is 3.54. The van der Waals surface area contributed by atoms with Crippen molar-refractivity contribution < 1.29 is 4.79 Å². The van der Waals surface area contributed by atoms with Crippen LogP contribution >= 0.6 is 0 Å². The molecule has 5 nitrogen and oxygen atoms in total. The molecule has 0 saturated heterocycles. The number of aromatic amines is 1. The van der Waals surface area contributed by atoms with Crippen LogP contribution in [0.5, 0.6) is 0 Å². The van der Waals surface area contributed by atoms with Crippen molar-refractivity contribution in [2.45, 2.75) is 0 Å². The smallest absolute Gasteiger partial charge is 0.251 e. The Kier molecular flexibility index (Phi) is 2.41. The molecule has 2 N–H and O–H groups in total. The zero-order valence-electron chi connectivity index (χ0n) is 11.3. The maximum Gasteiger partial charge on any atom is 0.251 e. The van der Waals surface area contributed by atoms with Crippen molar-refractivity contribution >= 4 is 39.0 Å². The second-order valence-corrected chi connectivity index (χ2v) is 4.87. The normalized spacial score (nSPS) is 11.3. The molecule has 1 amide bonds. The van der Waals surface area contributed by atoms with Crippen LogP contribution in [0, 0.1) is 0 Å². The van der Waals surface area contributed by atoms with Crippen molar-refractivity contribution in [2.24, 2.45) is 0 Å². The molecule has 5 heteroatoms. The van der Waals surface area contributed by atoms with Gasteiger partial charge >= 0.3 is 0 Å². The molecule has 2 aromatic heterocycles. The lowest BCUT2D eigenvalue weighted by molar-refractivity contribution is 0.0963. The van der Waals surface area contributed by atoms with Crippen molar-refractivity contribution in [3.05, 3.63) is 48.0 Å². The molecule has 21 heavy (non-hydrogen) atoms. The number of rotatable bonds is 1. The predicted octanol–water partition coefficient (Wildman–Crippen LogP) is 2.62. The number of hydrogen-bond acceptors (Lipinski definition) is 3. The minimum absolute atomic E-state index is 0.111. The molecule has 2 heterocycles. The number of para-hydroxylation sites is 2. The molecule has 0 aliphatic carbocycles. The first-order valence-electron chi connectivity index (χ1n) is 6.66. The minimum Gasteiger partial charge on any atom is -0.355 e. The van der Waals surface area contributed by atoms with E-state index in [0.717, 1.165) is 33.1 Å². The van der Waals surface area contributed by atoms with Crippen LogP contribution in [0.15, 0.2) is 42.5 Å². The number of nitrogens with zero attached hydrogens (tertiary/aromatic N) is 2. The van der Waals surface area contributed by atoms with Crippen LogP contribution in [0.3, 0.4) is 0 Å². The summed E-state index contributed by atoms with van der Waals surface area (Å²) in [7, 11) is 1.62. The third kappa shape index (κ3) is 1.74. The molecule has 4 rings (SSSR count). The van der Waals surface area contributed by atoms with Crippen LogP contribution in [0.4, 0.5) is 0 Å². The van der Waals surface area contributed by atoms with Gasteiger partial charge in [-0.05, 0) is 30.3 Å². The molecule has 0 fully saturated rings. The van der Waals surface area contributed by atoms with Gasteiger partial charge in [0, 0.05) is 23.5 Å². The number of nitrogens with one attached hydrogen (secondary N) is 2. The highest BCUT2D eigenvalue weighted by molar-refractivity contribution is 6.08. The quantitative estimate of drug-likeness (QED) is 0.561. The van der Waals surface area contributed by atoms with Gasteiger partial charge in [0.05, 0.1) is 11.0 Å². The van der Waals surface area contributed by atoms with E-state index in [4.69, 9.17) is 0 Å². The molecule has 0 spiro atoms. The summed E-state index contributed by atoms with van der Waals surface area (Å²) in [6.07, 6.45) is 0. The molecule has 4 aromatic rings. The highest BCUT2D eigenvalue weighted by atomic mass is 16.1. The van der Waals surface area contributed by atoms with Gasteiger partial charge in [0.1, 0.15) is 5.52 Å². The number of aromatic nitrogens is 3. The molecular weight excluding hydrogens is 264 g/mol. The average Bonchev–Trinajstić information content (AvgIpc) is 2.88. The van der Waals surface area contributed by atoms with E-state index in [1.165, 1.54) is 0 Å². The van der Waals surface area contributed by atoms with Gasteiger partial charge in [-0.1, -0.05) is 12.1 Å². The minimum atomic E-state index is -0.111. The predicted molar refractivity (Wildman–Crippen MR) is 82.3 cm³/mol. The number of carbonyl (C=O) groups is 1. The Morgan fingerprint density at radius 3 is 2.62 bits per heavy atom. The Bertz CT molecular complexity index is 1000. The van der Waals surface area contributed by atoms with E-state index in [0.29, 0.717) is 5.56 Å². The van der Waals surface area contributed by atoms with Gasteiger partial charge in [-0.15, -0.1) is 0 Å². The second kappa shape index (κ2) is 4.28. The first-order valence-corrected chi connectivity index (χ1v) is 6.66. The van der Waals surface area contributed by atoms with E-state index in [2.05, 4.69) is 20.3 Å². The third-order valence-corrected chi connectivity index (χ3v) is 3.59. The number of amides is 1. The summed E-state index contributed by atoms with van der Waals surface area (Å²) >= 11 is 0. The molecule has 0 saturated carbocycles. The average molecular weight is 276 g/mol. The van der Waals surface area contributed by atoms with E-state index in [9.17, 15) is 4.79 Å². The van der Waals surface area contributed by atoms with Gasteiger partial charge in [0.2, 0.25) is 0 Å².